The predicted molar refractivity (Wildman–Crippen MR) is 81.7 cm³/mol. The number of aryl methyl sites for hydroxylation is 2. The molecule has 5 nitrogen and oxygen atoms in total. The first kappa shape index (κ1) is 15.3. The van der Waals surface area contributed by atoms with E-state index in [2.05, 4.69) is 10.2 Å². The van der Waals surface area contributed by atoms with Crippen molar-refractivity contribution in [3.8, 4) is 11.5 Å². The number of ether oxygens (including phenoxy) is 2. The largest absolute Gasteiger partial charge is 0.496 e. The second kappa shape index (κ2) is 6.54. The van der Waals surface area contributed by atoms with Crippen LogP contribution in [0.5, 0.6) is 11.5 Å². The van der Waals surface area contributed by atoms with Gasteiger partial charge in [0, 0.05) is 0 Å². The summed E-state index contributed by atoms with van der Waals surface area (Å²) in [5.41, 5.74) is 9.99. The highest BCUT2D eigenvalue weighted by atomic mass is 16.5. The molecule has 112 valence electrons. The first-order chi connectivity index (χ1) is 10.1. The van der Waals surface area contributed by atoms with Crippen molar-refractivity contribution >= 4 is 0 Å². The summed E-state index contributed by atoms with van der Waals surface area (Å²) in [5.74, 6) is 1.41. The zero-order chi connectivity index (χ0) is 15.4. The number of benzene rings is 1. The summed E-state index contributed by atoms with van der Waals surface area (Å²) < 4.78 is 10.9. The lowest BCUT2D eigenvalue weighted by molar-refractivity contribution is 0.382. The molecule has 0 amide bonds. The predicted octanol–water partition coefficient (Wildman–Crippen LogP) is 2.41. The van der Waals surface area contributed by atoms with Crippen LogP contribution in [0.2, 0.25) is 0 Å². The number of nitrogens with two attached hydrogens (primary N) is 1. The van der Waals surface area contributed by atoms with Crippen LogP contribution in [0.25, 0.3) is 0 Å². The van der Waals surface area contributed by atoms with Crippen LogP contribution in [0.3, 0.4) is 0 Å². The Morgan fingerprint density at radius 2 is 1.76 bits per heavy atom. The second-order valence-corrected chi connectivity index (χ2v) is 4.80. The summed E-state index contributed by atoms with van der Waals surface area (Å²) in [4.78, 5) is 0. The van der Waals surface area contributed by atoms with Gasteiger partial charge in [-0.2, -0.15) is 10.2 Å². The van der Waals surface area contributed by atoms with E-state index in [0.29, 0.717) is 11.5 Å². The van der Waals surface area contributed by atoms with E-state index in [1.54, 1.807) is 14.2 Å². The highest BCUT2D eigenvalue weighted by Crippen LogP contribution is 2.36. The molecular weight excluding hydrogens is 266 g/mol. The fraction of sp³-hybridized carbons (Fsp3) is 0.375. The highest BCUT2D eigenvalue weighted by molar-refractivity contribution is 5.51. The van der Waals surface area contributed by atoms with Gasteiger partial charge in [-0.25, -0.2) is 0 Å². The van der Waals surface area contributed by atoms with Gasteiger partial charge in [-0.1, -0.05) is 13.0 Å². The van der Waals surface area contributed by atoms with E-state index < -0.39 is 0 Å². The topological polar surface area (TPSA) is 70.3 Å². The van der Waals surface area contributed by atoms with Crippen LogP contribution in [0.15, 0.2) is 24.3 Å². The number of methoxy groups -OCH3 is 2. The lowest BCUT2D eigenvalue weighted by atomic mass is 9.95. The van der Waals surface area contributed by atoms with Crippen molar-refractivity contribution in [1.29, 1.82) is 0 Å². The van der Waals surface area contributed by atoms with Crippen LogP contribution in [-0.2, 0) is 6.42 Å². The summed E-state index contributed by atoms with van der Waals surface area (Å²) in [6.45, 7) is 3.94. The van der Waals surface area contributed by atoms with Crippen molar-refractivity contribution < 1.29 is 9.47 Å². The van der Waals surface area contributed by atoms with Crippen molar-refractivity contribution in [3.63, 3.8) is 0 Å². The van der Waals surface area contributed by atoms with Gasteiger partial charge in [0.05, 0.1) is 37.2 Å². The second-order valence-electron chi connectivity index (χ2n) is 4.80. The standard InChI is InChI=1S/C16H21N3O2/c1-5-12-11(9-10(2)18-19-12)16(17)15-13(20-3)7-6-8-14(15)21-4/h6-9,16H,5,17H2,1-4H3. The van der Waals surface area contributed by atoms with E-state index in [1.165, 1.54) is 0 Å². The van der Waals surface area contributed by atoms with Gasteiger partial charge in [0.1, 0.15) is 11.5 Å². The summed E-state index contributed by atoms with van der Waals surface area (Å²) in [7, 11) is 3.25. The lowest BCUT2D eigenvalue weighted by Crippen LogP contribution is -2.17. The molecule has 1 unspecified atom stereocenters. The Bertz CT molecular complexity index is 607. The molecule has 2 rings (SSSR count). The smallest absolute Gasteiger partial charge is 0.127 e. The van der Waals surface area contributed by atoms with Crippen LogP contribution in [-0.4, -0.2) is 24.4 Å². The zero-order valence-corrected chi connectivity index (χ0v) is 12.9. The first-order valence-electron chi connectivity index (χ1n) is 6.91. The molecular formula is C16H21N3O2. The third-order valence-corrected chi connectivity index (χ3v) is 3.47. The average Bonchev–Trinajstić information content (AvgIpc) is 2.53. The van der Waals surface area contributed by atoms with Crippen molar-refractivity contribution in [2.24, 2.45) is 5.73 Å². The Hall–Kier alpha value is -2.14. The van der Waals surface area contributed by atoms with Gasteiger partial charge in [0.25, 0.3) is 0 Å². The van der Waals surface area contributed by atoms with Crippen LogP contribution in [0.1, 0.15) is 35.5 Å². The van der Waals surface area contributed by atoms with Crippen molar-refractivity contribution in [2.45, 2.75) is 26.3 Å². The molecule has 0 aliphatic carbocycles. The number of hydrogen-bond donors (Lipinski definition) is 1. The fourth-order valence-corrected chi connectivity index (χ4v) is 2.42. The van der Waals surface area contributed by atoms with Gasteiger partial charge in [0.2, 0.25) is 0 Å². The number of rotatable bonds is 5. The lowest BCUT2D eigenvalue weighted by Gasteiger charge is -2.20. The van der Waals surface area contributed by atoms with Crippen LogP contribution in [0.4, 0.5) is 0 Å². The van der Waals surface area contributed by atoms with E-state index in [0.717, 1.165) is 28.9 Å². The Morgan fingerprint density at radius 1 is 1.14 bits per heavy atom. The van der Waals surface area contributed by atoms with Crippen LogP contribution < -0.4 is 15.2 Å². The monoisotopic (exact) mass is 287 g/mol. The molecule has 2 aromatic rings. The first-order valence-corrected chi connectivity index (χ1v) is 6.91. The third kappa shape index (κ3) is 2.97. The van der Waals surface area contributed by atoms with Crippen molar-refractivity contribution in [3.05, 3.63) is 46.8 Å². The Morgan fingerprint density at radius 3 is 2.29 bits per heavy atom. The minimum Gasteiger partial charge on any atom is -0.496 e. The highest BCUT2D eigenvalue weighted by Gasteiger charge is 2.22. The van der Waals surface area contributed by atoms with Gasteiger partial charge >= 0.3 is 0 Å². The van der Waals surface area contributed by atoms with Crippen molar-refractivity contribution in [1.82, 2.24) is 10.2 Å². The fourth-order valence-electron chi connectivity index (χ4n) is 2.42. The zero-order valence-electron chi connectivity index (χ0n) is 12.9. The van der Waals surface area contributed by atoms with E-state index in [4.69, 9.17) is 15.2 Å². The summed E-state index contributed by atoms with van der Waals surface area (Å²) in [6, 6.07) is 7.24. The summed E-state index contributed by atoms with van der Waals surface area (Å²) in [6.07, 6.45) is 0.772. The maximum absolute atomic E-state index is 6.49. The minimum absolute atomic E-state index is 0.375. The van der Waals surface area contributed by atoms with Gasteiger partial charge in [-0.3, -0.25) is 0 Å². The van der Waals surface area contributed by atoms with Crippen molar-refractivity contribution in [2.75, 3.05) is 14.2 Å². The van der Waals surface area contributed by atoms with Gasteiger partial charge in [0.15, 0.2) is 0 Å². The van der Waals surface area contributed by atoms with E-state index in [9.17, 15) is 0 Å². The molecule has 1 atom stereocenters. The van der Waals surface area contributed by atoms with Gasteiger partial charge in [-0.15, -0.1) is 0 Å². The van der Waals surface area contributed by atoms with E-state index in [-0.39, 0.29) is 6.04 Å². The molecule has 2 N–H and O–H groups in total. The molecule has 1 aromatic heterocycles. The van der Waals surface area contributed by atoms with Crippen LogP contribution in [0, 0.1) is 6.92 Å². The van der Waals surface area contributed by atoms with Gasteiger partial charge < -0.3 is 15.2 Å². The molecule has 0 aliphatic heterocycles. The quantitative estimate of drug-likeness (QED) is 0.914. The molecule has 1 heterocycles. The molecule has 21 heavy (non-hydrogen) atoms. The average molecular weight is 287 g/mol. The Balaban J connectivity index is 2.59. The molecule has 0 fully saturated rings. The number of aromatic nitrogens is 2. The molecule has 0 radical (unpaired) electrons. The maximum Gasteiger partial charge on any atom is 0.127 e. The summed E-state index contributed by atoms with van der Waals surface area (Å²) in [5, 5.41) is 8.35. The maximum atomic E-state index is 6.49. The Labute approximate surface area is 125 Å². The molecule has 1 aromatic carbocycles. The SMILES string of the molecule is CCc1nnc(C)cc1C(N)c1c(OC)cccc1OC. The molecule has 0 saturated carbocycles. The molecule has 0 bridgehead atoms. The normalized spacial score (nSPS) is 12.0. The molecule has 0 spiro atoms. The van der Waals surface area contributed by atoms with E-state index >= 15 is 0 Å². The number of nitrogens with zero attached hydrogens (tertiary/aromatic N) is 2. The third-order valence-electron chi connectivity index (χ3n) is 3.47. The Kier molecular flexibility index (Phi) is 4.75. The van der Waals surface area contributed by atoms with Gasteiger partial charge in [-0.05, 0) is 37.1 Å². The van der Waals surface area contributed by atoms with E-state index in [1.807, 2.05) is 38.1 Å². The molecule has 0 aliphatic rings. The minimum atomic E-state index is -0.375. The van der Waals surface area contributed by atoms with Crippen LogP contribution >= 0.6 is 0 Å². The summed E-state index contributed by atoms with van der Waals surface area (Å²) >= 11 is 0. The molecule has 0 saturated heterocycles. The number of hydrogen-bond acceptors (Lipinski definition) is 5. The molecule has 5 heteroatoms.